The molecular formula is C50H34N6. The second-order valence-corrected chi connectivity index (χ2v) is 15.0. The van der Waals surface area contributed by atoms with Crippen LogP contribution in [0.3, 0.4) is 0 Å². The number of nitrogens with zero attached hydrogens (tertiary/aromatic N) is 6. The minimum Gasteiger partial charge on any atom is -0.208 e. The van der Waals surface area contributed by atoms with Crippen LogP contribution < -0.4 is 0 Å². The number of para-hydroxylation sites is 1. The molecule has 6 nitrogen and oxygen atoms in total. The zero-order chi connectivity index (χ0) is 37.4. The summed E-state index contributed by atoms with van der Waals surface area (Å²) in [7, 11) is 0. The van der Waals surface area contributed by atoms with E-state index in [4.69, 9.17) is 25.1 Å². The van der Waals surface area contributed by atoms with E-state index in [2.05, 4.69) is 141 Å². The fourth-order valence-corrected chi connectivity index (χ4v) is 8.42. The van der Waals surface area contributed by atoms with Gasteiger partial charge in [0.15, 0.2) is 17.5 Å². The summed E-state index contributed by atoms with van der Waals surface area (Å²) >= 11 is 0. The van der Waals surface area contributed by atoms with Gasteiger partial charge in [0, 0.05) is 27.5 Å². The first-order valence-corrected chi connectivity index (χ1v) is 18.9. The lowest BCUT2D eigenvalue weighted by Gasteiger charge is -2.21. The summed E-state index contributed by atoms with van der Waals surface area (Å²) in [4.78, 5) is 17.4. The molecular weight excluding hydrogens is 685 g/mol. The van der Waals surface area contributed by atoms with E-state index in [9.17, 15) is 0 Å². The fraction of sp³-hybridized carbons (Fsp3) is 0.0600. The topological polar surface area (TPSA) is 69.4 Å². The maximum atomic E-state index is 5.24. The molecule has 0 atom stereocenters. The lowest BCUT2D eigenvalue weighted by Crippen LogP contribution is -2.14. The standard InChI is InChI=1S/C50H34N6/c1-50(2)42-19-10-9-18-39(42)41-30-37(24-26-43(41)50)49-52-47(35-15-11-14-34(28-35)31-12-5-3-6-13-31)51-48(53-49)36-23-21-32-20-22-33-25-27-44-46(45(33)40(32)29-36)55-56(54-44)38-16-7-4-8-17-38/h3-30H,1-2H3. The number of rotatable bonds is 5. The molecule has 0 saturated heterocycles. The monoisotopic (exact) mass is 718 g/mol. The molecule has 56 heavy (non-hydrogen) atoms. The molecule has 0 saturated carbocycles. The van der Waals surface area contributed by atoms with Crippen LogP contribution in [0.25, 0.3) is 94.7 Å². The van der Waals surface area contributed by atoms with Gasteiger partial charge in [-0.1, -0.05) is 147 Å². The Balaban J connectivity index is 1.12. The van der Waals surface area contributed by atoms with Gasteiger partial charge in [-0.2, -0.15) is 4.80 Å². The van der Waals surface area contributed by atoms with Gasteiger partial charge in [-0.05, 0) is 85.9 Å². The summed E-state index contributed by atoms with van der Waals surface area (Å²) in [5.74, 6) is 1.86. The Morgan fingerprint density at radius 2 is 1.02 bits per heavy atom. The van der Waals surface area contributed by atoms with Gasteiger partial charge >= 0.3 is 0 Å². The molecule has 2 aromatic heterocycles. The molecule has 0 fully saturated rings. The van der Waals surface area contributed by atoms with E-state index in [1.807, 2.05) is 42.5 Å². The van der Waals surface area contributed by atoms with Crippen LogP contribution in [-0.2, 0) is 5.41 Å². The van der Waals surface area contributed by atoms with Crippen molar-refractivity contribution >= 4 is 32.6 Å². The molecule has 0 bridgehead atoms. The highest BCUT2D eigenvalue weighted by Crippen LogP contribution is 2.49. The minimum absolute atomic E-state index is 0.0938. The van der Waals surface area contributed by atoms with E-state index in [1.165, 1.54) is 22.3 Å². The van der Waals surface area contributed by atoms with Crippen LogP contribution in [-0.4, -0.2) is 29.9 Å². The highest BCUT2D eigenvalue weighted by Gasteiger charge is 2.35. The summed E-state index contributed by atoms with van der Waals surface area (Å²) in [6.07, 6.45) is 0. The van der Waals surface area contributed by atoms with Crippen molar-refractivity contribution in [3.8, 4) is 62.1 Å². The predicted molar refractivity (Wildman–Crippen MR) is 227 cm³/mol. The third-order valence-corrected chi connectivity index (χ3v) is 11.3. The largest absolute Gasteiger partial charge is 0.208 e. The van der Waals surface area contributed by atoms with Crippen molar-refractivity contribution in [1.29, 1.82) is 0 Å². The summed E-state index contributed by atoms with van der Waals surface area (Å²) in [6.45, 7) is 4.60. The maximum Gasteiger partial charge on any atom is 0.164 e. The summed E-state index contributed by atoms with van der Waals surface area (Å²) in [5, 5.41) is 14.2. The number of hydrogen-bond acceptors (Lipinski definition) is 5. The molecule has 0 aliphatic heterocycles. The van der Waals surface area contributed by atoms with Crippen molar-refractivity contribution in [2.45, 2.75) is 19.3 Å². The van der Waals surface area contributed by atoms with Gasteiger partial charge in [-0.15, -0.1) is 10.2 Å². The highest BCUT2D eigenvalue weighted by atomic mass is 15.5. The number of benzene rings is 8. The van der Waals surface area contributed by atoms with Gasteiger partial charge in [0.2, 0.25) is 0 Å². The van der Waals surface area contributed by atoms with Crippen LogP contribution in [0.15, 0.2) is 170 Å². The van der Waals surface area contributed by atoms with Crippen molar-refractivity contribution in [1.82, 2.24) is 29.9 Å². The normalized spacial score (nSPS) is 13.0. The Morgan fingerprint density at radius 3 is 1.82 bits per heavy atom. The van der Waals surface area contributed by atoms with Crippen LogP contribution in [0.4, 0.5) is 0 Å². The molecule has 1 aliphatic carbocycles. The van der Waals surface area contributed by atoms with Crippen molar-refractivity contribution in [3.63, 3.8) is 0 Å². The van der Waals surface area contributed by atoms with Crippen molar-refractivity contribution in [3.05, 3.63) is 181 Å². The molecule has 11 rings (SSSR count). The summed E-state index contributed by atoms with van der Waals surface area (Å²) in [5.41, 5.74) is 12.7. The van der Waals surface area contributed by atoms with E-state index in [0.717, 1.165) is 66.1 Å². The third-order valence-electron chi connectivity index (χ3n) is 11.3. The molecule has 0 amide bonds. The highest BCUT2D eigenvalue weighted by molar-refractivity contribution is 6.18. The van der Waals surface area contributed by atoms with Crippen molar-refractivity contribution < 1.29 is 0 Å². The Labute approximate surface area is 323 Å². The van der Waals surface area contributed by atoms with Crippen LogP contribution in [0.5, 0.6) is 0 Å². The van der Waals surface area contributed by atoms with E-state index < -0.39 is 0 Å². The summed E-state index contributed by atoms with van der Waals surface area (Å²) in [6, 6.07) is 59.2. The molecule has 10 aromatic rings. The average Bonchev–Trinajstić information content (AvgIpc) is 3.80. The molecule has 264 valence electrons. The second kappa shape index (κ2) is 12.4. The molecule has 6 heteroatoms. The summed E-state index contributed by atoms with van der Waals surface area (Å²) < 4.78 is 0. The third kappa shape index (κ3) is 5.14. The first kappa shape index (κ1) is 32.1. The quantitative estimate of drug-likeness (QED) is 0.166. The number of fused-ring (bicyclic) bond motifs is 8. The van der Waals surface area contributed by atoms with Gasteiger partial charge in [-0.3, -0.25) is 0 Å². The van der Waals surface area contributed by atoms with Crippen LogP contribution in [0.1, 0.15) is 25.0 Å². The Hall–Kier alpha value is -7.31. The van der Waals surface area contributed by atoms with Gasteiger partial charge < -0.3 is 0 Å². The average molecular weight is 719 g/mol. The Morgan fingerprint density at radius 1 is 0.429 bits per heavy atom. The van der Waals surface area contributed by atoms with E-state index in [-0.39, 0.29) is 5.41 Å². The Bertz CT molecular complexity index is 3170. The molecule has 0 N–H and O–H groups in total. The van der Waals surface area contributed by atoms with E-state index >= 15 is 0 Å². The lowest BCUT2D eigenvalue weighted by molar-refractivity contribution is 0.660. The molecule has 0 radical (unpaired) electrons. The van der Waals surface area contributed by atoms with E-state index in [0.29, 0.717) is 17.5 Å². The fourth-order valence-electron chi connectivity index (χ4n) is 8.42. The zero-order valence-electron chi connectivity index (χ0n) is 30.8. The van der Waals surface area contributed by atoms with Gasteiger partial charge in [0.1, 0.15) is 11.0 Å². The molecule has 8 aromatic carbocycles. The van der Waals surface area contributed by atoms with Crippen molar-refractivity contribution in [2.75, 3.05) is 0 Å². The zero-order valence-corrected chi connectivity index (χ0v) is 30.8. The molecule has 1 aliphatic rings. The second-order valence-electron chi connectivity index (χ2n) is 15.0. The van der Waals surface area contributed by atoms with Gasteiger partial charge in [-0.25, -0.2) is 15.0 Å². The van der Waals surface area contributed by atoms with Crippen LogP contribution in [0, 0.1) is 0 Å². The minimum atomic E-state index is -0.0938. The van der Waals surface area contributed by atoms with E-state index in [1.54, 1.807) is 4.80 Å². The van der Waals surface area contributed by atoms with Crippen LogP contribution in [0.2, 0.25) is 0 Å². The lowest BCUT2D eigenvalue weighted by atomic mass is 9.82. The SMILES string of the molecule is CC1(C)c2ccccc2-c2cc(-c3nc(-c4cccc(-c5ccccc5)c4)nc(-c4ccc5ccc6ccc7nn(-c8ccccc8)nc7c6c5c4)n3)ccc21. The van der Waals surface area contributed by atoms with Crippen LogP contribution >= 0.6 is 0 Å². The number of hydrogen-bond donors (Lipinski definition) is 0. The smallest absolute Gasteiger partial charge is 0.164 e. The first-order chi connectivity index (χ1) is 27.5. The molecule has 0 unspecified atom stereocenters. The first-order valence-electron chi connectivity index (χ1n) is 18.9. The molecule has 2 heterocycles. The van der Waals surface area contributed by atoms with Gasteiger partial charge in [0.05, 0.1) is 5.69 Å². The Kier molecular flexibility index (Phi) is 7.10. The predicted octanol–water partition coefficient (Wildman–Crippen LogP) is 11.9. The van der Waals surface area contributed by atoms with Gasteiger partial charge in [0.25, 0.3) is 0 Å². The maximum absolute atomic E-state index is 5.24. The number of aromatic nitrogens is 6. The molecule has 0 spiro atoms. The van der Waals surface area contributed by atoms with Crippen molar-refractivity contribution in [2.24, 2.45) is 0 Å².